The summed E-state index contributed by atoms with van der Waals surface area (Å²) < 4.78 is 0. The van der Waals surface area contributed by atoms with Gasteiger partial charge in [-0.15, -0.1) is 0 Å². The average Bonchev–Trinajstić information content (AvgIpc) is 2.70. The first-order chi connectivity index (χ1) is 14.0. The number of hydrogen-bond acceptors (Lipinski definition) is 1. The van der Waals surface area contributed by atoms with Crippen LogP contribution in [0.1, 0.15) is 89.2 Å². The van der Waals surface area contributed by atoms with Crippen molar-refractivity contribution in [1.29, 1.82) is 0 Å². The number of benzene rings is 2. The first-order valence-corrected chi connectivity index (χ1v) is 11.4. The Bertz CT molecular complexity index is 730. The van der Waals surface area contributed by atoms with Crippen molar-refractivity contribution < 1.29 is 9.90 Å². The summed E-state index contributed by atoms with van der Waals surface area (Å²) in [6.07, 6.45) is 9.12. The zero-order valence-corrected chi connectivity index (χ0v) is 18.5. The molecule has 0 radical (unpaired) electrons. The lowest BCUT2D eigenvalue weighted by atomic mass is 9.84. The lowest BCUT2D eigenvalue weighted by molar-refractivity contribution is -0.137. The molecular weight excluding hydrogens is 356 g/mol. The highest BCUT2D eigenvalue weighted by Gasteiger charge is 2.15. The molecule has 2 rings (SSSR count). The molecule has 1 unspecified atom stereocenters. The Balaban J connectivity index is 2.07. The molecule has 0 aromatic heterocycles. The average molecular weight is 395 g/mol. The van der Waals surface area contributed by atoms with Crippen LogP contribution in [0.5, 0.6) is 0 Å². The molecule has 0 amide bonds. The van der Waals surface area contributed by atoms with Crippen LogP contribution in [-0.2, 0) is 11.2 Å². The largest absolute Gasteiger partial charge is 0.481 e. The Morgan fingerprint density at radius 2 is 1.59 bits per heavy atom. The first kappa shape index (κ1) is 23.2. The smallest absolute Gasteiger partial charge is 0.303 e. The molecule has 0 aliphatic heterocycles. The molecule has 1 atom stereocenters. The molecule has 0 saturated heterocycles. The third kappa shape index (κ3) is 8.04. The normalized spacial score (nSPS) is 12.3. The third-order valence-electron chi connectivity index (χ3n) is 5.64. The van der Waals surface area contributed by atoms with Crippen LogP contribution in [0.15, 0.2) is 48.5 Å². The fraction of sp³-hybridized carbons (Fsp3) is 0.519. The van der Waals surface area contributed by atoms with Gasteiger partial charge in [-0.2, -0.15) is 0 Å². The van der Waals surface area contributed by atoms with E-state index in [4.69, 9.17) is 5.11 Å². The molecule has 158 valence electrons. The van der Waals surface area contributed by atoms with E-state index in [0.717, 1.165) is 25.7 Å². The Morgan fingerprint density at radius 1 is 0.897 bits per heavy atom. The van der Waals surface area contributed by atoms with Crippen molar-refractivity contribution >= 4 is 5.97 Å². The maximum Gasteiger partial charge on any atom is 0.303 e. The van der Waals surface area contributed by atoms with E-state index in [1.807, 2.05) is 0 Å². The number of unbranched alkanes of at least 4 members (excludes halogenated alkanes) is 3. The molecule has 2 aromatic rings. The summed E-state index contributed by atoms with van der Waals surface area (Å²) in [7, 11) is 0. The van der Waals surface area contributed by atoms with E-state index in [-0.39, 0.29) is 0 Å². The molecule has 0 saturated carbocycles. The van der Waals surface area contributed by atoms with Gasteiger partial charge in [0.15, 0.2) is 0 Å². The summed E-state index contributed by atoms with van der Waals surface area (Å²) >= 11 is 0. The molecular formula is C27H38O2. The van der Waals surface area contributed by atoms with Crippen molar-refractivity contribution in [2.45, 2.75) is 84.5 Å². The summed E-state index contributed by atoms with van der Waals surface area (Å²) in [5.41, 5.74) is 5.56. The van der Waals surface area contributed by atoms with Crippen LogP contribution in [0.2, 0.25) is 0 Å². The highest BCUT2D eigenvalue weighted by molar-refractivity contribution is 5.68. The van der Waals surface area contributed by atoms with Gasteiger partial charge in [-0.05, 0) is 59.8 Å². The fourth-order valence-electron chi connectivity index (χ4n) is 4.23. The van der Waals surface area contributed by atoms with Gasteiger partial charge in [0.25, 0.3) is 0 Å². The molecule has 2 heteroatoms. The Hall–Kier alpha value is -2.09. The molecule has 0 bridgehead atoms. The third-order valence-corrected chi connectivity index (χ3v) is 5.64. The lowest BCUT2D eigenvalue weighted by Crippen LogP contribution is -2.02. The van der Waals surface area contributed by atoms with Crippen LogP contribution in [0.25, 0.3) is 11.1 Å². The van der Waals surface area contributed by atoms with Gasteiger partial charge in [-0.1, -0.05) is 95.0 Å². The quantitative estimate of drug-likeness (QED) is 0.351. The first-order valence-electron chi connectivity index (χ1n) is 11.4. The minimum atomic E-state index is -0.679. The molecule has 2 nitrogen and oxygen atoms in total. The van der Waals surface area contributed by atoms with Crippen molar-refractivity contribution in [2.75, 3.05) is 0 Å². The maximum absolute atomic E-state index is 10.7. The second-order valence-electron chi connectivity index (χ2n) is 8.71. The van der Waals surface area contributed by atoms with E-state index in [1.165, 1.54) is 47.9 Å². The highest BCUT2D eigenvalue weighted by atomic mass is 16.4. The van der Waals surface area contributed by atoms with Crippen molar-refractivity contribution in [3.05, 3.63) is 59.7 Å². The second-order valence-corrected chi connectivity index (χ2v) is 8.71. The van der Waals surface area contributed by atoms with E-state index in [1.54, 1.807) is 0 Å². The van der Waals surface area contributed by atoms with Crippen molar-refractivity contribution in [1.82, 2.24) is 0 Å². The van der Waals surface area contributed by atoms with E-state index >= 15 is 0 Å². The maximum atomic E-state index is 10.7. The van der Waals surface area contributed by atoms with Gasteiger partial charge in [-0.3, -0.25) is 4.79 Å². The van der Waals surface area contributed by atoms with Crippen LogP contribution < -0.4 is 0 Å². The molecule has 29 heavy (non-hydrogen) atoms. The molecule has 2 aromatic carbocycles. The van der Waals surface area contributed by atoms with Crippen molar-refractivity contribution in [2.24, 2.45) is 5.92 Å². The summed E-state index contributed by atoms with van der Waals surface area (Å²) in [4.78, 5) is 10.7. The van der Waals surface area contributed by atoms with Crippen LogP contribution in [0.3, 0.4) is 0 Å². The van der Waals surface area contributed by atoms with Crippen LogP contribution in [0.4, 0.5) is 0 Å². The van der Waals surface area contributed by atoms with Crippen molar-refractivity contribution in [3.63, 3.8) is 0 Å². The number of carbonyl (C=O) groups is 1. The minimum Gasteiger partial charge on any atom is -0.481 e. The lowest BCUT2D eigenvalue weighted by Gasteiger charge is -2.21. The molecule has 1 N–H and O–H groups in total. The molecule has 0 aliphatic carbocycles. The second kappa shape index (κ2) is 12.5. The Labute approximate surface area is 177 Å². The Morgan fingerprint density at radius 3 is 2.24 bits per heavy atom. The molecule has 0 spiro atoms. The van der Waals surface area contributed by atoms with Gasteiger partial charge < -0.3 is 5.11 Å². The minimum absolute atomic E-state index is 0.300. The number of aliphatic carboxylic acids is 1. The van der Waals surface area contributed by atoms with Crippen LogP contribution in [-0.4, -0.2) is 11.1 Å². The molecule has 0 heterocycles. The van der Waals surface area contributed by atoms with Crippen LogP contribution in [0, 0.1) is 5.92 Å². The number of rotatable bonds is 13. The predicted octanol–water partition coefficient (Wildman–Crippen LogP) is 7.86. The summed E-state index contributed by atoms with van der Waals surface area (Å²) in [6, 6.07) is 18.0. The summed E-state index contributed by atoms with van der Waals surface area (Å²) in [6.45, 7) is 6.80. The van der Waals surface area contributed by atoms with Gasteiger partial charge in [0.2, 0.25) is 0 Å². The van der Waals surface area contributed by atoms with Crippen molar-refractivity contribution in [3.8, 4) is 11.1 Å². The zero-order valence-electron chi connectivity index (χ0n) is 18.5. The van der Waals surface area contributed by atoms with Gasteiger partial charge >= 0.3 is 5.97 Å². The Kier molecular flexibility index (Phi) is 9.97. The van der Waals surface area contributed by atoms with Gasteiger partial charge in [0.05, 0.1) is 0 Å². The van der Waals surface area contributed by atoms with Gasteiger partial charge in [0, 0.05) is 6.42 Å². The zero-order chi connectivity index (χ0) is 21.1. The summed E-state index contributed by atoms with van der Waals surface area (Å²) in [5.74, 6) is 0.575. The number of carboxylic acids is 1. The predicted molar refractivity (Wildman–Crippen MR) is 123 cm³/mol. The SMILES string of the molecule is CCCC(CCCCCCC(=O)O)c1ccccc1-c1ccc(CC(C)C)cc1. The topological polar surface area (TPSA) is 37.3 Å². The molecule has 0 aliphatic rings. The van der Waals surface area contributed by atoms with E-state index in [2.05, 4.69) is 69.3 Å². The monoisotopic (exact) mass is 394 g/mol. The van der Waals surface area contributed by atoms with Crippen LogP contribution >= 0.6 is 0 Å². The number of carboxylic acid groups (broad SMARTS) is 1. The van der Waals surface area contributed by atoms with E-state index in [9.17, 15) is 4.79 Å². The van der Waals surface area contributed by atoms with Gasteiger partial charge in [-0.25, -0.2) is 0 Å². The van der Waals surface area contributed by atoms with Gasteiger partial charge in [0.1, 0.15) is 0 Å². The highest BCUT2D eigenvalue weighted by Crippen LogP contribution is 2.35. The molecule has 0 fully saturated rings. The number of hydrogen-bond donors (Lipinski definition) is 1. The van der Waals surface area contributed by atoms with E-state index in [0.29, 0.717) is 18.3 Å². The fourth-order valence-corrected chi connectivity index (χ4v) is 4.23. The standard InChI is InChI=1S/C27H38O2/c1-4-11-23(12-7-5-6-8-15-27(28)29)25-13-9-10-14-26(25)24-18-16-22(17-19-24)20-21(2)3/h9-10,13-14,16-19,21,23H,4-8,11-12,15,20H2,1-3H3,(H,28,29). The summed E-state index contributed by atoms with van der Waals surface area (Å²) in [5, 5.41) is 8.78. The van der Waals surface area contributed by atoms with E-state index < -0.39 is 5.97 Å².